The van der Waals surface area contributed by atoms with Gasteiger partial charge in [-0.05, 0) is 12.1 Å². The van der Waals surface area contributed by atoms with Gasteiger partial charge in [0.15, 0.2) is 0 Å². The van der Waals surface area contributed by atoms with Crippen LogP contribution < -0.4 is 5.32 Å². The number of carbonyl (C=O) groups excluding carboxylic acids is 1. The molecule has 0 fully saturated rings. The number of methoxy groups -OCH3 is 1. The first kappa shape index (κ1) is 13.5. The molecule has 0 aliphatic rings. The van der Waals surface area contributed by atoms with E-state index >= 15 is 0 Å². The fourth-order valence-electron chi connectivity index (χ4n) is 1.40. The summed E-state index contributed by atoms with van der Waals surface area (Å²) in [5.74, 6) is -0.345. The molecular formula is C10H9BrClN3O2S. The molecule has 1 atom stereocenters. The molecule has 1 unspecified atom stereocenters. The number of carbonyl (C=O) groups is 1. The SMILES string of the molecule is COC(=O)C(Br)CNc1c(Cl)ccc2nsnc12. The minimum Gasteiger partial charge on any atom is -0.468 e. The van der Waals surface area contributed by atoms with Crippen LogP contribution in [0.2, 0.25) is 5.02 Å². The van der Waals surface area contributed by atoms with Crippen LogP contribution >= 0.6 is 39.3 Å². The number of aromatic nitrogens is 2. The zero-order valence-electron chi connectivity index (χ0n) is 9.31. The smallest absolute Gasteiger partial charge is 0.321 e. The highest BCUT2D eigenvalue weighted by Crippen LogP contribution is 2.30. The molecule has 1 heterocycles. The molecule has 1 aromatic heterocycles. The normalized spacial score (nSPS) is 12.4. The van der Waals surface area contributed by atoms with Gasteiger partial charge < -0.3 is 10.1 Å². The van der Waals surface area contributed by atoms with E-state index in [2.05, 4.69) is 34.7 Å². The number of nitrogens with one attached hydrogen (secondary N) is 1. The van der Waals surface area contributed by atoms with Crippen LogP contribution in [0.4, 0.5) is 5.69 Å². The van der Waals surface area contributed by atoms with Gasteiger partial charge in [0.25, 0.3) is 0 Å². The second kappa shape index (κ2) is 5.81. The lowest BCUT2D eigenvalue weighted by Crippen LogP contribution is -2.24. The van der Waals surface area contributed by atoms with Crippen molar-refractivity contribution in [3.05, 3.63) is 17.2 Å². The fourth-order valence-corrected chi connectivity index (χ4v) is 2.51. The molecule has 0 spiro atoms. The first-order valence-electron chi connectivity index (χ1n) is 5.00. The topological polar surface area (TPSA) is 64.1 Å². The maximum Gasteiger partial charge on any atom is 0.321 e. The summed E-state index contributed by atoms with van der Waals surface area (Å²) in [5, 5.41) is 3.62. The van der Waals surface area contributed by atoms with Crippen molar-refractivity contribution in [2.24, 2.45) is 0 Å². The van der Waals surface area contributed by atoms with E-state index in [0.29, 0.717) is 22.8 Å². The monoisotopic (exact) mass is 349 g/mol. The van der Waals surface area contributed by atoms with Crippen molar-refractivity contribution in [1.29, 1.82) is 0 Å². The van der Waals surface area contributed by atoms with Crippen molar-refractivity contribution in [2.75, 3.05) is 19.0 Å². The van der Waals surface area contributed by atoms with E-state index in [0.717, 1.165) is 17.2 Å². The fraction of sp³-hybridized carbons (Fsp3) is 0.300. The van der Waals surface area contributed by atoms with E-state index in [-0.39, 0.29) is 5.97 Å². The number of hydrogen-bond acceptors (Lipinski definition) is 6. The van der Waals surface area contributed by atoms with Gasteiger partial charge in [-0.2, -0.15) is 8.75 Å². The number of fused-ring (bicyclic) bond motifs is 1. The van der Waals surface area contributed by atoms with Gasteiger partial charge in [-0.3, -0.25) is 4.79 Å². The zero-order valence-corrected chi connectivity index (χ0v) is 12.5. The molecule has 0 saturated heterocycles. The maximum atomic E-state index is 11.3. The molecule has 5 nitrogen and oxygen atoms in total. The average Bonchev–Trinajstić information content (AvgIpc) is 2.84. The summed E-state index contributed by atoms with van der Waals surface area (Å²) < 4.78 is 12.9. The van der Waals surface area contributed by atoms with E-state index in [4.69, 9.17) is 11.6 Å². The molecule has 18 heavy (non-hydrogen) atoms. The molecule has 96 valence electrons. The van der Waals surface area contributed by atoms with E-state index in [9.17, 15) is 4.79 Å². The molecule has 0 amide bonds. The van der Waals surface area contributed by atoms with Crippen LogP contribution in [-0.4, -0.2) is 33.2 Å². The maximum absolute atomic E-state index is 11.3. The number of halogens is 2. The van der Waals surface area contributed by atoms with Crippen molar-refractivity contribution in [1.82, 2.24) is 8.75 Å². The average molecular weight is 351 g/mol. The van der Waals surface area contributed by atoms with E-state index in [1.54, 1.807) is 12.1 Å². The highest BCUT2D eigenvalue weighted by molar-refractivity contribution is 9.10. The summed E-state index contributed by atoms with van der Waals surface area (Å²) >= 11 is 10.4. The van der Waals surface area contributed by atoms with E-state index in [1.165, 1.54) is 7.11 Å². The number of ether oxygens (including phenoxy) is 1. The summed E-state index contributed by atoms with van der Waals surface area (Å²) in [6.07, 6.45) is 0. The third-order valence-electron chi connectivity index (χ3n) is 2.29. The van der Waals surface area contributed by atoms with Gasteiger partial charge in [-0.1, -0.05) is 27.5 Å². The Labute approximate surface area is 121 Å². The van der Waals surface area contributed by atoms with Crippen LogP contribution in [0.3, 0.4) is 0 Å². The standard InChI is InChI=1S/C10H9BrClN3O2S/c1-17-10(16)5(11)4-13-8-6(12)2-3-7-9(8)15-18-14-7/h2-3,5,13H,4H2,1H3. The molecule has 2 rings (SSSR count). The molecule has 1 aromatic carbocycles. The zero-order chi connectivity index (χ0) is 13.1. The molecule has 0 saturated carbocycles. The lowest BCUT2D eigenvalue weighted by Gasteiger charge is -2.11. The van der Waals surface area contributed by atoms with Gasteiger partial charge in [0, 0.05) is 6.54 Å². The quantitative estimate of drug-likeness (QED) is 0.678. The number of anilines is 1. The van der Waals surface area contributed by atoms with Crippen molar-refractivity contribution >= 4 is 61.9 Å². The Hall–Kier alpha value is -0.920. The first-order chi connectivity index (χ1) is 8.63. The first-order valence-corrected chi connectivity index (χ1v) is 7.02. The molecule has 0 aliphatic carbocycles. The largest absolute Gasteiger partial charge is 0.468 e. The summed E-state index contributed by atoms with van der Waals surface area (Å²) in [7, 11) is 1.34. The molecule has 1 N–H and O–H groups in total. The second-order valence-electron chi connectivity index (χ2n) is 3.43. The lowest BCUT2D eigenvalue weighted by atomic mass is 10.2. The van der Waals surface area contributed by atoms with Gasteiger partial charge in [0.05, 0.1) is 29.5 Å². The predicted molar refractivity (Wildman–Crippen MR) is 75.6 cm³/mol. The highest BCUT2D eigenvalue weighted by Gasteiger charge is 2.17. The number of rotatable bonds is 4. The second-order valence-corrected chi connectivity index (χ2v) is 5.47. The Morgan fingerprint density at radius 1 is 1.61 bits per heavy atom. The summed E-state index contributed by atoms with van der Waals surface area (Å²) in [4.78, 5) is 10.8. The molecule has 0 aliphatic heterocycles. The summed E-state index contributed by atoms with van der Waals surface area (Å²) in [5.41, 5.74) is 2.16. The summed E-state index contributed by atoms with van der Waals surface area (Å²) in [6, 6.07) is 3.55. The van der Waals surface area contributed by atoms with Crippen LogP contribution in [-0.2, 0) is 9.53 Å². The van der Waals surface area contributed by atoms with Gasteiger partial charge in [0.2, 0.25) is 0 Å². The Morgan fingerprint density at radius 3 is 3.11 bits per heavy atom. The van der Waals surface area contributed by atoms with Gasteiger partial charge >= 0.3 is 5.97 Å². The number of esters is 1. The number of nitrogens with zero attached hydrogens (tertiary/aromatic N) is 2. The lowest BCUT2D eigenvalue weighted by molar-refractivity contribution is -0.139. The van der Waals surface area contributed by atoms with Gasteiger partial charge in [-0.25, -0.2) is 0 Å². The molecule has 0 bridgehead atoms. The molecule has 0 radical (unpaired) electrons. The molecule has 8 heteroatoms. The van der Waals surface area contributed by atoms with Crippen LogP contribution in [0.15, 0.2) is 12.1 Å². The molecular weight excluding hydrogens is 342 g/mol. The Morgan fingerprint density at radius 2 is 2.39 bits per heavy atom. The van der Waals surface area contributed by atoms with Crippen LogP contribution in [0.1, 0.15) is 0 Å². The van der Waals surface area contributed by atoms with Gasteiger partial charge in [0.1, 0.15) is 15.9 Å². The Bertz CT molecular complexity index is 577. The minimum atomic E-state index is -0.444. The number of benzene rings is 1. The van der Waals surface area contributed by atoms with Crippen molar-refractivity contribution in [3.63, 3.8) is 0 Å². The third-order valence-corrected chi connectivity index (χ3v) is 3.85. The number of hydrogen-bond donors (Lipinski definition) is 1. The summed E-state index contributed by atoms with van der Waals surface area (Å²) in [6.45, 7) is 0.350. The predicted octanol–water partition coefficient (Wildman–Crippen LogP) is 2.69. The Balaban J connectivity index is 2.18. The van der Waals surface area contributed by atoms with Crippen LogP contribution in [0.5, 0.6) is 0 Å². The van der Waals surface area contributed by atoms with Gasteiger partial charge in [-0.15, -0.1) is 0 Å². The molecule has 2 aromatic rings. The highest BCUT2D eigenvalue weighted by atomic mass is 79.9. The van der Waals surface area contributed by atoms with Crippen LogP contribution in [0, 0.1) is 0 Å². The van der Waals surface area contributed by atoms with Crippen LogP contribution in [0.25, 0.3) is 11.0 Å². The third kappa shape index (κ3) is 2.73. The van der Waals surface area contributed by atoms with Crippen molar-refractivity contribution in [2.45, 2.75) is 4.83 Å². The minimum absolute atomic E-state index is 0.345. The Kier molecular flexibility index (Phi) is 4.36. The van der Waals surface area contributed by atoms with E-state index < -0.39 is 4.83 Å². The number of alkyl halides is 1. The van der Waals surface area contributed by atoms with Crippen molar-refractivity contribution in [3.8, 4) is 0 Å². The van der Waals surface area contributed by atoms with Crippen molar-refractivity contribution < 1.29 is 9.53 Å². The van der Waals surface area contributed by atoms with E-state index in [1.807, 2.05) is 0 Å².